The van der Waals surface area contributed by atoms with E-state index < -0.39 is 15.9 Å². The molecule has 0 radical (unpaired) electrons. The van der Waals surface area contributed by atoms with Gasteiger partial charge in [-0.25, -0.2) is 13.1 Å². The molecule has 0 atom stereocenters. The molecule has 0 saturated heterocycles. The highest BCUT2D eigenvalue weighted by Gasteiger charge is 2.20. The molecule has 1 amide bonds. The summed E-state index contributed by atoms with van der Waals surface area (Å²) in [5.74, 6) is -0.227. The van der Waals surface area contributed by atoms with E-state index in [1.165, 1.54) is 32.4 Å². The van der Waals surface area contributed by atoms with Crippen molar-refractivity contribution in [2.45, 2.75) is 11.8 Å². The third kappa shape index (κ3) is 3.88. The minimum absolute atomic E-state index is 0.0842. The van der Waals surface area contributed by atoms with Crippen LogP contribution in [0.25, 0.3) is 0 Å². The Bertz CT molecular complexity index is 814. The van der Waals surface area contributed by atoms with Gasteiger partial charge in [0.25, 0.3) is 5.91 Å². The highest BCUT2D eigenvalue weighted by Crippen LogP contribution is 2.25. The summed E-state index contributed by atoms with van der Waals surface area (Å²) in [4.78, 5) is 12.2. The van der Waals surface area contributed by atoms with Crippen LogP contribution in [-0.4, -0.2) is 28.5 Å². The molecule has 122 valence electrons. The number of amides is 1. The number of hydrogen-bond acceptors (Lipinski definition) is 4. The molecular formula is C16H18N2O4S. The molecule has 0 saturated carbocycles. The second kappa shape index (κ2) is 6.80. The maximum Gasteiger partial charge on any atom is 0.255 e. The maximum atomic E-state index is 12.3. The number of carbonyl (C=O) groups excluding carboxylic acids is 1. The van der Waals surface area contributed by atoms with Crippen molar-refractivity contribution in [3.63, 3.8) is 0 Å². The van der Waals surface area contributed by atoms with E-state index in [9.17, 15) is 13.2 Å². The largest absolute Gasteiger partial charge is 0.495 e. The number of rotatable bonds is 5. The maximum absolute atomic E-state index is 12.3. The molecule has 2 rings (SSSR count). The summed E-state index contributed by atoms with van der Waals surface area (Å²) in [7, 11) is -1.06. The number of carbonyl (C=O) groups is 1. The van der Waals surface area contributed by atoms with Crippen LogP contribution in [0.5, 0.6) is 5.75 Å². The molecule has 2 aromatic rings. The lowest BCUT2D eigenvalue weighted by atomic mass is 10.2. The van der Waals surface area contributed by atoms with E-state index in [0.29, 0.717) is 5.69 Å². The zero-order valence-electron chi connectivity index (χ0n) is 13.1. The van der Waals surface area contributed by atoms with Gasteiger partial charge in [-0.05, 0) is 44.3 Å². The normalized spacial score (nSPS) is 11.1. The van der Waals surface area contributed by atoms with E-state index in [4.69, 9.17) is 4.74 Å². The fraction of sp³-hybridized carbons (Fsp3) is 0.188. The Kier molecular flexibility index (Phi) is 5.02. The van der Waals surface area contributed by atoms with Gasteiger partial charge < -0.3 is 10.1 Å². The molecule has 2 aromatic carbocycles. The summed E-state index contributed by atoms with van der Waals surface area (Å²) in [5.41, 5.74) is 1.93. The van der Waals surface area contributed by atoms with Crippen molar-refractivity contribution in [1.29, 1.82) is 0 Å². The Hall–Kier alpha value is -2.38. The van der Waals surface area contributed by atoms with Crippen LogP contribution in [0.15, 0.2) is 47.4 Å². The topological polar surface area (TPSA) is 84.5 Å². The Labute approximate surface area is 135 Å². The van der Waals surface area contributed by atoms with Gasteiger partial charge in [-0.3, -0.25) is 4.79 Å². The predicted octanol–water partition coefficient (Wildman–Crippen LogP) is 2.16. The minimum Gasteiger partial charge on any atom is -0.495 e. The Morgan fingerprint density at radius 2 is 1.74 bits per heavy atom. The van der Waals surface area contributed by atoms with Gasteiger partial charge >= 0.3 is 0 Å². The van der Waals surface area contributed by atoms with E-state index >= 15 is 0 Å². The predicted molar refractivity (Wildman–Crippen MR) is 88.4 cm³/mol. The van der Waals surface area contributed by atoms with Crippen LogP contribution in [-0.2, 0) is 10.0 Å². The Balaban J connectivity index is 2.34. The van der Waals surface area contributed by atoms with Crippen molar-refractivity contribution in [3.8, 4) is 5.75 Å². The molecule has 7 heteroatoms. The molecule has 0 fully saturated rings. The summed E-state index contributed by atoms with van der Waals surface area (Å²) in [5, 5.41) is 2.72. The second-order valence-electron chi connectivity index (χ2n) is 4.89. The fourth-order valence-corrected chi connectivity index (χ4v) is 2.90. The number of anilines is 1. The van der Waals surface area contributed by atoms with Crippen molar-refractivity contribution >= 4 is 21.6 Å². The summed E-state index contributed by atoms with van der Waals surface area (Å²) in [6.07, 6.45) is 0. The number of methoxy groups -OCH3 is 1. The molecule has 0 spiro atoms. The molecule has 23 heavy (non-hydrogen) atoms. The molecule has 0 unspecified atom stereocenters. The van der Waals surface area contributed by atoms with E-state index in [0.717, 1.165) is 5.56 Å². The summed E-state index contributed by atoms with van der Waals surface area (Å²) in [6.45, 7) is 1.95. The van der Waals surface area contributed by atoms with Crippen molar-refractivity contribution in [2.24, 2.45) is 0 Å². The summed E-state index contributed by atoms with van der Waals surface area (Å²) < 4.78 is 31.3. The monoisotopic (exact) mass is 334 g/mol. The first-order chi connectivity index (χ1) is 10.9. The van der Waals surface area contributed by atoms with Gasteiger partial charge in [0.05, 0.1) is 7.11 Å². The number of ether oxygens (including phenoxy) is 1. The van der Waals surface area contributed by atoms with Crippen LogP contribution < -0.4 is 14.8 Å². The third-order valence-corrected chi connectivity index (χ3v) is 4.73. The van der Waals surface area contributed by atoms with Crippen molar-refractivity contribution < 1.29 is 17.9 Å². The van der Waals surface area contributed by atoms with Crippen molar-refractivity contribution in [1.82, 2.24) is 4.72 Å². The van der Waals surface area contributed by atoms with Crippen molar-refractivity contribution in [3.05, 3.63) is 53.6 Å². The van der Waals surface area contributed by atoms with Crippen LogP contribution in [0.1, 0.15) is 15.9 Å². The summed E-state index contributed by atoms with van der Waals surface area (Å²) >= 11 is 0. The number of nitrogens with one attached hydrogen (secondary N) is 2. The zero-order chi connectivity index (χ0) is 17.0. The van der Waals surface area contributed by atoms with Crippen LogP contribution in [0.4, 0.5) is 5.69 Å². The highest BCUT2D eigenvalue weighted by atomic mass is 32.2. The van der Waals surface area contributed by atoms with Crippen LogP contribution in [0, 0.1) is 6.92 Å². The first-order valence-corrected chi connectivity index (χ1v) is 8.35. The SMILES string of the molecule is CNS(=O)(=O)c1cc(C(=O)Nc2ccc(C)cc2)ccc1OC. The van der Waals surface area contributed by atoms with Gasteiger partial charge in [0.1, 0.15) is 10.6 Å². The fourth-order valence-electron chi connectivity index (χ4n) is 1.98. The smallest absolute Gasteiger partial charge is 0.255 e. The number of aryl methyl sites for hydroxylation is 1. The van der Waals surface area contributed by atoms with Crippen molar-refractivity contribution in [2.75, 3.05) is 19.5 Å². The van der Waals surface area contributed by atoms with Crippen LogP contribution in [0.3, 0.4) is 0 Å². The van der Waals surface area contributed by atoms with Gasteiger partial charge in [0.15, 0.2) is 0 Å². The van der Waals surface area contributed by atoms with E-state index in [1.54, 1.807) is 12.1 Å². The molecule has 0 heterocycles. The number of hydrogen-bond donors (Lipinski definition) is 2. The van der Waals surface area contributed by atoms with Gasteiger partial charge in [0.2, 0.25) is 10.0 Å². The number of sulfonamides is 1. The molecule has 0 aliphatic rings. The molecule has 0 aliphatic heterocycles. The zero-order valence-corrected chi connectivity index (χ0v) is 13.9. The van der Waals surface area contributed by atoms with E-state index in [1.807, 2.05) is 19.1 Å². The van der Waals surface area contributed by atoms with Gasteiger partial charge in [-0.2, -0.15) is 0 Å². The highest BCUT2D eigenvalue weighted by molar-refractivity contribution is 7.89. The summed E-state index contributed by atoms with van der Waals surface area (Å²) in [6, 6.07) is 11.6. The average molecular weight is 334 g/mol. The average Bonchev–Trinajstić information content (AvgIpc) is 2.56. The van der Waals surface area contributed by atoms with Crippen LogP contribution in [0.2, 0.25) is 0 Å². The quantitative estimate of drug-likeness (QED) is 0.877. The Morgan fingerprint density at radius 1 is 1.09 bits per heavy atom. The first kappa shape index (κ1) is 17.0. The van der Waals surface area contributed by atoms with Gasteiger partial charge in [0, 0.05) is 11.3 Å². The van der Waals surface area contributed by atoms with E-state index in [2.05, 4.69) is 10.0 Å². The molecular weight excluding hydrogens is 316 g/mol. The van der Waals surface area contributed by atoms with Gasteiger partial charge in [-0.1, -0.05) is 17.7 Å². The number of benzene rings is 2. The van der Waals surface area contributed by atoms with Gasteiger partial charge in [-0.15, -0.1) is 0 Å². The van der Waals surface area contributed by atoms with E-state index in [-0.39, 0.29) is 16.2 Å². The molecule has 2 N–H and O–H groups in total. The Morgan fingerprint density at radius 3 is 2.30 bits per heavy atom. The third-order valence-electron chi connectivity index (χ3n) is 3.29. The lowest BCUT2D eigenvalue weighted by molar-refractivity contribution is 0.102. The standard InChI is InChI=1S/C16H18N2O4S/c1-11-4-7-13(8-5-11)18-16(19)12-6-9-14(22-3)15(10-12)23(20,21)17-2/h4-10,17H,1-3H3,(H,18,19). The molecule has 6 nitrogen and oxygen atoms in total. The second-order valence-corrected chi connectivity index (χ2v) is 6.75. The lowest BCUT2D eigenvalue weighted by Gasteiger charge is -2.11. The lowest BCUT2D eigenvalue weighted by Crippen LogP contribution is -2.20. The van der Waals surface area contributed by atoms with Crippen LogP contribution >= 0.6 is 0 Å². The molecule has 0 aliphatic carbocycles. The molecule has 0 bridgehead atoms. The minimum atomic E-state index is -3.73. The molecule has 0 aromatic heterocycles. The first-order valence-electron chi connectivity index (χ1n) is 6.87.